The van der Waals surface area contributed by atoms with Crippen molar-refractivity contribution < 1.29 is 14.3 Å². The first-order valence-corrected chi connectivity index (χ1v) is 10.3. The molecule has 0 radical (unpaired) electrons. The molecule has 1 aliphatic heterocycles. The Bertz CT molecular complexity index is 850. The van der Waals surface area contributed by atoms with Gasteiger partial charge in [-0.2, -0.15) is 0 Å². The summed E-state index contributed by atoms with van der Waals surface area (Å²) in [6.45, 7) is 10.1. The van der Waals surface area contributed by atoms with E-state index in [2.05, 4.69) is 39.5 Å². The Morgan fingerprint density at radius 2 is 1.83 bits per heavy atom. The number of nitrogens with one attached hydrogen (secondary N) is 2. The third-order valence-corrected chi connectivity index (χ3v) is 5.38. The van der Waals surface area contributed by atoms with Gasteiger partial charge in [-0.3, -0.25) is 9.69 Å². The smallest absolute Gasteiger partial charge is 0.340 e. The molecule has 1 saturated heterocycles. The van der Waals surface area contributed by atoms with Crippen LogP contribution in [0.1, 0.15) is 64.4 Å². The van der Waals surface area contributed by atoms with Crippen LogP contribution in [0.2, 0.25) is 0 Å². The summed E-state index contributed by atoms with van der Waals surface area (Å²) in [6, 6.07) is 10.6. The van der Waals surface area contributed by atoms with E-state index in [0.717, 1.165) is 32.5 Å². The predicted molar refractivity (Wildman–Crippen MR) is 113 cm³/mol. The zero-order valence-electron chi connectivity index (χ0n) is 17.7. The standard InChI is InChI=1S/C23H31N3O3/c1-15(2)29-23(28)20-16(3)21(24-17(20)4)22(27)25-19-10-12-26(13-11-19)14-18-8-6-5-7-9-18/h5-9,15,19,24H,10-14H2,1-4H3,(H,25,27). The second-order valence-electron chi connectivity index (χ2n) is 8.09. The van der Waals surface area contributed by atoms with Crippen molar-refractivity contribution in [2.24, 2.45) is 0 Å². The van der Waals surface area contributed by atoms with Crippen molar-refractivity contribution in [2.75, 3.05) is 13.1 Å². The largest absolute Gasteiger partial charge is 0.459 e. The van der Waals surface area contributed by atoms with Crippen LogP contribution in [-0.2, 0) is 11.3 Å². The molecule has 0 spiro atoms. The molecule has 0 unspecified atom stereocenters. The summed E-state index contributed by atoms with van der Waals surface area (Å²) < 4.78 is 5.31. The maximum Gasteiger partial charge on any atom is 0.340 e. The molecule has 1 fully saturated rings. The fourth-order valence-electron chi connectivity index (χ4n) is 3.89. The summed E-state index contributed by atoms with van der Waals surface area (Å²) in [4.78, 5) is 30.6. The van der Waals surface area contributed by atoms with Crippen molar-refractivity contribution in [1.82, 2.24) is 15.2 Å². The highest BCUT2D eigenvalue weighted by Crippen LogP contribution is 2.21. The molecule has 0 aliphatic carbocycles. The number of hydrogen-bond donors (Lipinski definition) is 2. The first kappa shape index (κ1) is 21.1. The van der Waals surface area contributed by atoms with E-state index in [1.807, 2.05) is 19.9 Å². The maximum absolute atomic E-state index is 12.8. The monoisotopic (exact) mass is 397 g/mol. The van der Waals surface area contributed by atoms with Gasteiger partial charge in [0.1, 0.15) is 5.69 Å². The normalized spacial score (nSPS) is 15.5. The van der Waals surface area contributed by atoms with Gasteiger partial charge in [-0.05, 0) is 51.7 Å². The van der Waals surface area contributed by atoms with Gasteiger partial charge in [0.05, 0.1) is 11.7 Å². The van der Waals surface area contributed by atoms with Gasteiger partial charge >= 0.3 is 5.97 Å². The van der Waals surface area contributed by atoms with Gasteiger partial charge < -0.3 is 15.0 Å². The summed E-state index contributed by atoms with van der Waals surface area (Å²) in [6.07, 6.45) is 1.63. The Balaban J connectivity index is 1.57. The first-order valence-electron chi connectivity index (χ1n) is 10.3. The summed E-state index contributed by atoms with van der Waals surface area (Å²) >= 11 is 0. The molecule has 1 amide bonds. The van der Waals surface area contributed by atoms with Crippen LogP contribution in [0.5, 0.6) is 0 Å². The summed E-state index contributed by atoms with van der Waals surface area (Å²) in [5.41, 5.74) is 3.53. The van der Waals surface area contributed by atoms with Crippen LogP contribution in [0.25, 0.3) is 0 Å². The van der Waals surface area contributed by atoms with Gasteiger partial charge in [-0.15, -0.1) is 0 Å². The number of carbonyl (C=O) groups excluding carboxylic acids is 2. The van der Waals surface area contributed by atoms with E-state index in [-0.39, 0.29) is 24.0 Å². The molecule has 29 heavy (non-hydrogen) atoms. The van der Waals surface area contributed by atoms with Gasteiger partial charge in [0, 0.05) is 31.4 Å². The Morgan fingerprint density at radius 3 is 2.45 bits per heavy atom. The highest BCUT2D eigenvalue weighted by atomic mass is 16.5. The van der Waals surface area contributed by atoms with E-state index in [1.165, 1.54) is 5.56 Å². The van der Waals surface area contributed by atoms with Crippen molar-refractivity contribution >= 4 is 11.9 Å². The van der Waals surface area contributed by atoms with Crippen molar-refractivity contribution in [2.45, 2.75) is 59.2 Å². The minimum atomic E-state index is -0.389. The molecule has 3 rings (SSSR count). The number of likely N-dealkylation sites (tertiary alicyclic amines) is 1. The quantitative estimate of drug-likeness (QED) is 0.731. The molecule has 0 atom stereocenters. The number of aromatic nitrogens is 1. The summed E-state index contributed by atoms with van der Waals surface area (Å²) in [5.74, 6) is -0.546. The lowest BCUT2D eigenvalue weighted by molar-refractivity contribution is 0.0376. The molecule has 2 N–H and O–H groups in total. The van der Waals surface area contributed by atoms with E-state index >= 15 is 0 Å². The Hall–Kier alpha value is -2.60. The van der Waals surface area contributed by atoms with Crippen LogP contribution in [0.4, 0.5) is 0 Å². The number of H-pyrrole nitrogens is 1. The number of hydrogen-bond acceptors (Lipinski definition) is 4. The van der Waals surface area contributed by atoms with Gasteiger partial charge in [0.15, 0.2) is 0 Å². The Kier molecular flexibility index (Phi) is 6.75. The second kappa shape index (κ2) is 9.27. The molecule has 0 saturated carbocycles. The number of aromatic amines is 1. The average molecular weight is 398 g/mol. The number of aryl methyl sites for hydroxylation is 1. The zero-order chi connectivity index (χ0) is 21.0. The van der Waals surface area contributed by atoms with Gasteiger partial charge in [0.2, 0.25) is 0 Å². The van der Waals surface area contributed by atoms with Crippen molar-refractivity contribution in [3.8, 4) is 0 Å². The molecule has 6 nitrogen and oxygen atoms in total. The average Bonchev–Trinajstić information content (AvgIpc) is 2.98. The molecule has 1 aliphatic rings. The van der Waals surface area contributed by atoms with Crippen molar-refractivity contribution in [3.63, 3.8) is 0 Å². The number of carbonyl (C=O) groups is 2. The number of piperidine rings is 1. The number of nitrogens with zero attached hydrogens (tertiary/aromatic N) is 1. The van der Waals surface area contributed by atoms with Gasteiger partial charge in [-0.1, -0.05) is 30.3 Å². The fraction of sp³-hybridized carbons (Fsp3) is 0.478. The van der Waals surface area contributed by atoms with E-state index < -0.39 is 0 Å². The van der Waals surface area contributed by atoms with Crippen LogP contribution in [0.3, 0.4) is 0 Å². The minimum Gasteiger partial charge on any atom is -0.459 e. The van der Waals surface area contributed by atoms with Crippen LogP contribution >= 0.6 is 0 Å². The number of amides is 1. The van der Waals surface area contributed by atoms with E-state index in [1.54, 1.807) is 13.8 Å². The van der Waals surface area contributed by atoms with Crippen LogP contribution in [0.15, 0.2) is 30.3 Å². The zero-order valence-corrected chi connectivity index (χ0v) is 17.7. The van der Waals surface area contributed by atoms with Crippen LogP contribution < -0.4 is 5.32 Å². The first-order chi connectivity index (χ1) is 13.8. The molecule has 2 heterocycles. The molecule has 2 aromatic rings. The van der Waals surface area contributed by atoms with E-state index in [4.69, 9.17) is 4.74 Å². The van der Waals surface area contributed by atoms with Crippen molar-refractivity contribution in [1.29, 1.82) is 0 Å². The Morgan fingerprint density at radius 1 is 1.17 bits per heavy atom. The van der Waals surface area contributed by atoms with E-state index in [0.29, 0.717) is 22.5 Å². The van der Waals surface area contributed by atoms with Gasteiger partial charge in [-0.25, -0.2) is 4.79 Å². The molecular formula is C23H31N3O3. The summed E-state index contributed by atoms with van der Waals surface area (Å²) in [7, 11) is 0. The Labute approximate surface area is 172 Å². The molecule has 1 aromatic heterocycles. The lowest BCUT2D eigenvalue weighted by atomic mass is 10.0. The number of benzene rings is 1. The molecule has 0 bridgehead atoms. The minimum absolute atomic E-state index is 0.142. The molecular weight excluding hydrogens is 366 g/mol. The third kappa shape index (κ3) is 5.26. The lowest BCUT2D eigenvalue weighted by Gasteiger charge is -2.32. The van der Waals surface area contributed by atoms with Gasteiger partial charge in [0.25, 0.3) is 5.91 Å². The summed E-state index contributed by atoms with van der Waals surface area (Å²) in [5, 5.41) is 3.13. The SMILES string of the molecule is Cc1[nH]c(C(=O)NC2CCN(Cc3ccccc3)CC2)c(C)c1C(=O)OC(C)C. The fourth-order valence-corrected chi connectivity index (χ4v) is 3.89. The lowest BCUT2D eigenvalue weighted by Crippen LogP contribution is -2.44. The maximum atomic E-state index is 12.8. The topological polar surface area (TPSA) is 74.4 Å². The third-order valence-electron chi connectivity index (χ3n) is 5.38. The molecule has 156 valence electrons. The highest BCUT2D eigenvalue weighted by Gasteiger charge is 2.26. The predicted octanol–water partition coefficient (Wildman–Crippen LogP) is 3.59. The number of esters is 1. The van der Waals surface area contributed by atoms with Crippen LogP contribution in [-0.4, -0.2) is 47.0 Å². The highest BCUT2D eigenvalue weighted by molar-refractivity contribution is 6.00. The van der Waals surface area contributed by atoms with Crippen molar-refractivity contribution in [3.05, 3.63) is 58.4 Å². The van der Waals surface area contributed by atoms with Crippen LogP contribution in [0, 0.1) is 13.8 Å². The number of ether oxygens (including phenoxy) is 1. The van der Waals surface area contributed by atoms with E-state index in [9.17, 15) is 9.59 Å². The molecule has 1 aromatic carbocycles. The second-order valence-corrected chi connectivity index (χ2v) is 8.09. The molecule has 6 heteroatoms. The number of rotatable bonds is 6.